The van der Waals surface area contributed by atoms with Gasteiger partial charge in [0.05, 0.1) is 28.0 Å². The van der Waals surface area contributed by atoms with Crippen LogP contribution in [0, 0.1) is 0 Å². The molecule has 0 spiro atoms. The van der Waals surface area contributed by atoms with Crippen LogP contribution in [0.2, 0.25) is 0 Å². The van der Waals surface area contributed by atoms with Crippen molar-refractivity contribution in [1.29, 1.82) is 0 Å². The lowest BCUT2D eigenvalue weighted by Crippen LogP contribution is -2.26. The molecule has 10 aromatic rings. The van der Waals surface area contributed by atoms with E-state index < -0.39 is 0 Å². The Balaban J connectivity index is 1.27. The molecule has 0 fully saturated rings. The van der Waals surface area contributed by atoms with Crippen LogP contribution in [0.15, 0.2) is 132 Å². The van der Waals surface area contributed by atoms with Crippen LogP contribution in [0.5, 0.6) is 0 Å². The Morgan fingerprint density at radius 1 is 0.604 bits per heavy atom. The third-order valence-electron chi connectivity index (χ3n) is 10.4. The van der Waals surface area contributed by atoms with Gasteiger partial charge >= 0.3 is 0 Å². The maximum atomic E-state index is 6.47. The number of aromatic nitrogens is 3. The highest BCUT2D eigenvalue weighted by atomic mass is 32.1. The monoisotopic (exact) mass is 633 g/mol. The Bertz CT molecular complexity index is 2990. The number of rotatable bonds is 2. The lowest BCUT2D eigenvalue weighted by molar-refractivity contribution is 0.631. The molecule has 5 heterocycles. The molecule has 4 nitrogen and oxygen atoms in total. The normalized spacial score (nSPS) is 13.8. The van der Waals surface area contributed by atoms with Crippen LogP contribution in [0.1, 0.15) is 25.0 Å². The average molecular weight is 634 g/mol. The summed E-state index contributed by atoms with van der Waals surface area (Å²) in [5.41, 5.74) is 10.4. The molecule has 1 aliphatic heterocycles. The maximum Gasteiger partial charge on any atom is 0.164 e. The molecule has 11 rings (SSSR count). The van der Waals surface area contributed by atoms with Crippen LogP contribution < -0.4 is 0 Å². The highest BCUT2D eigenvalue weighted by molar-refractivity contribution is 7.25. The quantitative estimate of drug-likeness (QED) is 0.190. The first-order valence-corrected chi connectivity index (χ1v) is 17.2. The van der Waals surface area contributed by atoms with Crippen LogP contribution in [0.25, 0.3) is 92.4 Å². The fraction of sp³-hybridized carbons (Fsp3) is 0.0698. The smallest absolute Gasteiger partial charge is 0.164 e. The van der Waals surface area contributed by atoms with Gasteiger partial charge in [0.25, 0.3) is 0 Å². The van der Waals surface area contributed by atoms with E-state index in [2.05, 4.69) is 134 Å². The van der Waals surface area contributed by atoms with Crippen molar-refractivity contribution in [2.24, 2.45) is 0 Å². The fourth-order valence-electron chi connectivity index (χ4n) is 8.21. The topological polar surface area (TPSA) is 43.9 Å². The molecule has 0 radical (unpaired) electrons. The second-order valence-electron chi connectivity index (χ2n) is 13.3. The highest BCUT2D eigenvalue weighted by Gasteiger charge is 2.37. The van der Waals surface area contributed by atoms with E-state index in [4.69, 9.17) is 14.4 Å². The zero-order valence-electron chi connectivity index (χ0n) is 26.3. The molecule has 0 saturated carbocycles. The SMILES string of the molecule is CC1(C)c2cccc(-c3nc(-c4cccc5c4oc4ccccc45)nc4ccccc34)c2-n2c3sc4ccccc4c3c3cccc1c32. The molecule has 0 unspecified atom stereocenters. The van der Waals surface area contributed by atoms with E-state index in [1.807, 2.05) is 23.5 Å². The van der Waals surface area contributed by atoms with E-state index in [0.29, 0.717) is 5.82 Å². The van der Waals surface area contributed by atoms with Gasteiger partial charge in [0.1, 0.15) is 16.0 Å². The first-order valence-electron chi connectivity index (χ1n) is 16.3. The van der Waals surface area contributed by atoms with Gasteiger partial charge in [-0.2, -0.15) is 0 Å². The average Bonchev–Trinajstić information content (AvgIpc) is 3.79. The van der Waals surface area contributed by atoms with E-state index in [1.54, 1.807) is 0 Å². The van der Waals surface area contributed by atoms with Gasteiger partial charge < -0.3 is 4.42 Å². The van der Waals surface area contributed by atoms with Crippen LogP contribution in [-0.2, 0) is 5.41 Å². The van der Waals surface area contributed by atoms with Gasteiger partial charge in [-0.25, -0.2) is 9.97 Å². The molecule has 48 heavy (non-hydrogen) atoms. The molecule has 1 aliphatic rings. The minimum Gasteiger partial charge on any atom is -0.455 e. The van der Waals surface area contributed by atoms with Crippen molar-refractivity contribution in [3.8, 4) is 28.3 Å². The number of hydrogen-bond donors (Lipinski definition) is 0. The number of hydrogen-bond acceptors (Lipinski definition) is 4. The highest BCUT2D eigenvalue weighted by Crippen LogP contribution is 2.53. The Kier molecular flexibility index (Phi) is 5.03. The first-order chi connectivity index (χ1) is 23.6. The molecule has 4 aromatic heterocycles. The van der Waals surface area contributed by atoms with Gasteiger partial charge in [0.2, 0.25) is 0 Å². The summed E-state index contributed by atoms with van der Waals surface area (Å²) >= 11 is 1.87. The van der Waals surface area contributed by atoms with Crippen LogP contribution >= 0.6 is 11.3 Å². The summed E-state index contributed by atoms with van der Waals surface area (Å²) in [6.45, 7) is 4.72. The molecule has 0 aliphatic carbocycles. The zero-order chi connectivity index (χ0) is 31.7. The number of furan rings is 1. The molecule has 0 bridgehead atoms. The van der Waals surface area contributed by atoms with Gasteiger partial charge in [0.15, 0.2) is 5.82 Å². The predicted octanol–water partition coefficient (Wildman–Crippen LogP) is 11.8. The van der Waals surface area contributed by atoms with E-state index >= 15 is 0 Å². The third kappa shape index (κ3) is 3.29. The first kappa shape index (κ1) is 26.3. The van der Waals surface area contributed by atoms with Crippen molar-refractivity contribution in [2.75, 3.05) is 0 Å². The lowest BCUT2D eigenvalue weighted by Gasteiger charge is -2.35. The van der Waals surface area contributed by atoms with Gasteiger partial charge in [-0.15, -0.1) is 11.3 Å². The predicted molar refractivity (Wildman–Crippen MR) is 200 cm³/mol. The van der Waals surface area contributed by atoms with Gasteiger partial charge in [-0.3, -0.25) is 4.57 Å². The van der Waals surface area contributed by atoms with Crippen molar-refractivity contribution >= 4 is 75.4 Å². The maximum absolute atomic E-state index is 6.47. The molecule has 0 N–H and O–H groups in total. The van der Waals surface area contributed by atoms with Gasteiger partial charge in [0, 0.05) is 48.0 Å². The van der Waals surface area contributed by atoms with E-state index in [1.165, 1.54) is 48.0 Å². The van der Waals surface area contributed by atoms with Gasteiger partial charge in [-0.1, -0.05) is 117 Å². The number of para-hydroxylation sites is 5. The van der Waals surface area contributed by atoms with Crippen LogP contribution in [-0.4, -0.2) is 14.5 Å². The molecule has 0 atom stereocenters. The Morgan fingerprint density at radius 3 is 2.21 bits per heavy atom. The standard InChI is InChI=1S/C43H27N3OS/c1-43(2)31-19-10-16-28-36-27-14-5-8-23-35(27)48-42(36)46(38(28)31)39-29(17-11-20-32(39)43)37-26-13-3-6-21-33(26)44-41(45-37)30-18-9-15-25-24-12-4-7-22-34(24)47-40(25)30/h3-23H,1-2H3. The van der Waals surface area contributed by atoms with E-state index in [0.717, 1.165) is 49.7 Å². The van der Waals surface area contributed by atoms with Crippen molar-refractivity contribution in [2.45, 2.75) is 19.3 Å². The van der Waals surface area contributed by atoms with Crippen LogP contribution in [0.4, 0.5) is 0 Å². The largest absolute Gasteiger partial charge is 0.455 e. The number of benzene rings is 6. The number of nitrogens with zero attached hydrogens (tertiary/aromatic N) is 3. The Labute approximate surface area is 279 Å². The zero-order valence-corrected chi connectivity index (χ0v) is 27.1. The van der Waals surface area contributed by atoms with Crippen molar-refractivity contribution in [3.63, 3.8) is 0 Å². The van der Waals surface area contributed by atoms with Crippen LogP contribution in [0.3, 0.4) is 0 Å². The number of fused-ring (bicyclic) bond motifs is 11. The summed E-state index contributed by atoms with van der Waals surface area (Å²) in [7, 11) is 0. The van der Waals surface area contributed by atoms with Crippen molar-refractivity contribution < 1.29 is 4.42 Å². The Morgan fingerprint density at radius 2 is 1.29 bits per heavy atom. The molecule has 5 heteroatoms. The molecule has 226 valence electrons. The minimum absolute atomic E-state index is 0.220. The third-order valence-corrected chi connectivity index (χ3v) is 11.6. The molecule has 0 saturated heterocycles. The molecule has 0 amide bonds. The summed E-state index contributed by atoms with van der Waals surface area (Å²) in [5.74, 6) is 0.658. The second-order valence-corrected chi connectivity index (χ2v) is 14.4. The summed E-state index contributed by atoms with van der Waals surface area (Å²) in [6.07, 6.45) is 0. The summed E-state index contributed by atoms with van der Waals surface area (Å²) in [4.78, 5) is 11.9. The summed E-state index contributed by atoms with van der Waals surface area (Å²) < 4.78 is 10.3. The van der Waals surface area contributed by atoms with E-state index in [-0.39, 0.29) is 5.41 Å². The second kappa shape index (κ2) is 9.18. The van der Waals surface area contributed by atoms with Gasteiger partial charge in [-0.05, 0) is 35.4 Å². The molecule has 6 aromatic carbocycles. The van der Waals surface area contributed by atoms with Crippen molar-refractivity contribution in [1.82, 2.24) is 14.5 Å². The number of thiophene rings is 1. The molecular formula is C43H27N3OS. The van der Waals surface area contributed by atoms with Crippen molar-refractivity contribution in [3.05, 3.63) is 139 Å². The van der Waals surface area contributed by atoms with E-state index in [9.17, 15) is 0 Å². The molecular weight excluding hydrogens is 607 g/mol. The fourth-order valence-corrected chi connectivity index (χ4v) is 9.44. The summed E-state index contributed by atoms with van der Waals surface area (Å²) in [6, 6.07) is 45.3. The minimum atomic E-state index is -0.220. The Hall–Kier alpha value is -5.78. The lowest BCUT2D eigenvalue weighted by atomic mass is 9.73. The summed E-state index contributed by atoms with van der Waals surface area (Å²) in [5, 5.41) is 7.13.